The van der Waals surface area contributed by atoms with Crippen LogP contribution in [0.2, 0.25) is 0 Å². The summed E-state index contributed by atoms with van der Waals surface area (Å²) in [4.78, 5) is 41.1. The first-order valence-corrected chi connectivity index (χ1v) is 11.8. The van der Waals surface area contributed by atoms with Gasteiger partial charge in [-0.05, 0) is 31.3 Å². The summed E-state index contributed by atoms with van der Waals surface area (Å²) in [5, 5.41) is 3.54. The van der Waals surface area contributed by atoms with Gasteiger partial charge < -0.3 is 25.4 Å². The Balaban J connectivity index is 1.43. The third-order valence-corrected chi connectivity index (χ3v) is 6.71. The fourth-order valence-electron chi connectivity index (χ4n) is 4.96. The number of likely N-dealkylation sites (tertiary alicyclic amines) is 1. The van der Waals surface area contributed by atoms with Crippen LogP contribution in [0.15, 0.2) is 53.7 Å². The van der Waals surface area contributed by atoms with Crippen LogP contribution in [-0.2, 0) is 4.74 Å². The van der Waals surface area contributed by atoms with Crippen molar-refractivity contribution in [1.29, 1.82) is 0 Å². The van der Waals surface area contributed by atoms with Gasteiger partial charge in [0.25, 0.3) is 0 Å². The Labute approximate surface area is 215 Å². The van der Waals surface area contributed by atoms with Gasteiger partial charge in [0.2, 0.25) is 0 Å². The van der Waals surface area contributed by atoms with Crippen molar-refractivity contribution in [1.82, 2.24) is 24.4 Å². The Hall–Kier alpha value is -4.78. The van der Waals surface area contributed by atoms with Crippen LogP contribution >= 0.6 is 0 Å². The molecule has 2 unspecified atom stereocenters. The Morgan fingerprint density at radius 1 is 1.16 bits per heavy atom. The highest BCUT2D eigenvalue weighted by Gasteiger charge is 2.48. The van der Waals surface area contributed by atoms with Gasteiger partial charge in [0, 0.05) is 30.7 Å². The number of halogens is 1. The number of fused-ring (bicyclic) bond motifs is 2. The van der Waals surface area contributed by atoms with Gasteiger partial charge in [-0.3, -0.25) is 9.47 Å². The maximum Gasteiger partial charge on any atom is 0.415 e. The summed E-state index contributed by atoms with van der Waals surface area (Å²) >= 11 is 0. The van der Waals surface area contributed by atoms with Gasteiger partial charge in [0.05, 0.1) is 35.7 Å². The number of carbonyl (C=O) groups excluding carboxylic acids is 1. The fourth-order valence-corrected chi connectivity index (χ4v) is 4.96. The lowest BCUT2D eigenvalue weighted by molar-refractivity contribution is 0.135. The molecule has 0 saturated carbocycles. The molecular weight excluding hydrogens is 495 g/mol. The second kappa shape index (κ2) is 8.95. The molecule has 1 amide bonds. The number of amides is 1. The maximum absolute atomic E-state index is 15.6. The zero-order chi connectivity index (χ0) is 26.6. The van der Waals surface area contributed by atoms with Crippen molar-refractivity contribution in [3.05, 3.63) is 65.2 Å². The Morgan fingerprint density at radius 2 is 2.00 bits per heavy atom. The molecule has 2 aliphatic rings. The van der Waals surface area contributed by atoms with E-state index in [4.69, 9.17) is 15.2 Å². The van der Waals surface area contributed by atoms with Crippen molar-refractivity contribution >= 4 is 40.0 Å². The van der Waals surface area contributed by atoms with Gasteiger partial charge in [-0.2, -0.15) is 4.98 Å². The van der Waals surface area contributed by atoms with E-state index in [1.165, 1.54) is 37.8 Å². The summed E-state index contributed by atoms with van der Waals surface area (Å²) in [6.07, 6.45) is 1.99. The molecule has 38 heavy (non-hydrogen) atoms. The normalized spacial score (nSPS) is 19.0. The highest BCUT2D eigenvalue weighted by molar-refractivity contribution is 6.00. The van der Waals surface area contributed by atoms with E-state index in [1.807, 2.05) is 7.05 Å². The van der Waals surface area contributed by atoms with Crippen molar-refractivity contribution in [2.45, 2.75) is 12.1 Å². The first-order chi connectivity index (χ1) is 18.3. The molecule has 2 saturated heterocycles. The maximum atomic E-state index is 15.6. The molecule has 6 rings (SSSR count). The molecule has 0 aliphatic carbocycles. The topological polar surface area (TPSA) is 141 Å². The average molecular weight is 519 g/mol. The molecule has 194 valence electrons. The predicted molar refractivity (Wildman–Crippen MR) is 138 cm³/mol. The Bertz CT molecular complexity index is 1640. The lowest BCUT2D eigenvalue weighted by Crippen LogP contribution is -2.37. The van der Waals surface area contributed by atoms with E-state index < -0.39 is 17.6 Å². The van der Waals surface area contributed by atoms with Crippen molar-refractivity contribution < 1.29 is 18.7 Å². The van der Waals surface area contributed by atoms with Gasteiger partial charge in [0.1, 0.15) is 29.8 Å². The SMILES string of the molecule is COc1cc2ncnc(Nc3cccc(-n4ccc(N)nc4=O)c3F)c2cc1N1C(=O)OC2CN(C)CC21. The standard InChI is InChI=1S/C25H23FN8O4/c1-32-10-18-20(11-32)38-25(36)34(18)17-8-13-15(9-19(17)37-2)28-12-29-23(13)30-14-4-3-5-16(22(14)26)33-7-6-21(27)31-24(33)35/h3-9,12,18,20H,10-11H2,1-2H3,(H2,27,31,35)(H,28,29,30). The highest BCUT2D eigenvalue weighted by atomic mass is 19.1. The molecule has 0 bridgehead atoms. The monoisotopic (exact) mass is 518 g/mol. The smallest absolute Gasteiger partial charge is 0.415 e. The van der Waals surface area contributed by atoms with Gasteiger partial charge in [-0.25, -0.2) is 23.9 Å². The molecule has 2 aromatic heterocycles. The number of carbonyl (C=O) groups is 1. The van der Waals surface area contributed by atoms with E-state index in [1.54, 1.807) is 23.1 Å². The summed E-state index contributed by atoms with van der Waals surface area (Å²) < 4.78 is 27.8. The molecule has 0 spiro atoms. The number of anilines is 4. The van der Waals surface area contributed by atoms with E-state index in [0.717, 1.165) is 4.57 Å². The van der Waals surface area contributed by atoms with E-state index in [2.05, 4.69) is 25.2 Å². The predicted octanol–water partition coefficient (Wildman–Crippen LogP) is 2.29. The number of hydrogen-bond acceptors (Lipinski definition) is 10. The summed E-state index contributed by atoms with van der Waals surface area (Å²) in [5.41, 5.74) is 5.93. The van der Waals surface area contributed by atoms with Crippen LogP contribution in [0.25, 0.3) is 16.6 Å². The van der Waals surface area contributed by atoms with Crippen LogP contribution < -0.4 is 26.4 Å². The third-order valence-electron chi connectivity index (χ3n) is 6.71. The van der Waals surface area contributed by atoms with Crippen LogP contribution in [0, 0.1) is 5.82 Å². The molecule has 2 aromatic carbocycles. The minimum Gasteiger partial charge on any atom is -0.494 e. The number of likely N-dealkylation sites (N-methyl/N-ethyl adjacent to an activating group) is 1. The molecular formula is C25H23FN8O4. The van der Waals surface area contributed by atoms with Crippen molar-refractivity contribution in [3.63, 3.8) is 0 Å². The van der Waals surface area contributed by atoms with Gasteiger partial charge >= 0.3 is 11.8 Å². The number of nitrogens with one attached hydrogen (secondary N) is 1. The van der Waals surface area contributed by atoms with Gasteiger partial charge in [0.15, 0.2) is 5.82 Å². The van der Waals surface area contributed by atoms with E-state index in [-0.39, 0.29) is 29.3 Å². The lowest BCUT2D eigenvalue weighted by Gasteiger charge is -2.23. The zero-order valence-corrected chi connectivity index (χ0v) is 20.5. The number of nitrogen functional groups attached to an aromatic ring is 1. The third kappa shape index (κ3) is 3.84. The zero-order valence-electron chi connectivity index (χ0n) is 20.5. The second-order valence-corrected chi connectivity index (χ2v) is 9.11. The number of ether oxygens (including phenoxy) is 2. The number of methoxy groups -OCH3 is 1. The first-order valence-electron chi connectivity index (χ1n) is 11.8. The molecule has 3 N–H and O–H groups in total. The molecule has 0 radical (unpaired) electrons. The largest absolute Gasteiger partial charge is 0.494 e. The number of nitrogens with zero attached hydrogens (tertiary/aromatic N) is 6. The van der Waals surface area contributed by atoms with Crippen LogP contribution in [0.3, 0.4) is 0 Å². The Kier molecular flexibility index (Phi) is 5.56. The van der Waals surface area contributed by atoms with Crippen LogP contribution in [0.4, 0.5) is 32.2 Å². The van der Waals surface area contributed by atoms with Crippen LogP contribution in [-0.4, -0.2) is 69.9 Å². The molecule has 2 aliphatic heterocycles. The van der Waals surface area contributed by atoms with Crippen molar-refractivity contribution in [3.8, 4) is 11.4 Å². The Morgan fingerprint density at radius 3 is 2.79 bits per heavy atom. The van der Waals surface area contributed by atoms with E-state index in [0.29, 0.717) is 41.2 Å². The number of aromatic nitrogens is 4. The molecule has 13 heteroatoms. The van der Waals surface area contributed by atoms with Crippen molar-refractivity contribution in [2.75, 3.05) is 43.2 Å². The van der Waals surface area contributed by atoms with Gasteiger partial charge in [-0.1, -0.05) is 6.07 Å². The van der Waals surface area contributed by atoms with Crippen LogP contribution in [0.5, 0.6) is 5.75 Å². The van der Waals surface area contributed by atoms with E-state index in [9.17, 15) is 9.59 Å². The lowest BCUT2D eigenvalue weighted by atomic mass is 10.1. The van der Waals surface area contributed by atoms with E-state index >= 15 is 4.39 Å². The molecule has 12 nitrogen and oxygen atoms in total. The van der Waals surface area contributed by atoms with Crippen LogP contribution in [0.1, 0.15) is 0 Å². The summed E-state index contributed by atoms with van der Waals surface area (Å²) in [7, 11) is 3.48. The number of hydrogen-bond donors (Lipinski definition) is 2. The minimum atomic E-state index is -0.710. The summed E-state index contributed by atoms with van der Waals surface area (Å²) in [6, 6.07) is 9.22. The van der Waals surface area contributed by atoms with Gasteiger partial charge in [-0.15, -0.1) is 0 Å². The minimum absolute atomic E-state index is 0.00979. The fraction of sp³-hybridized carbons (Fsp3) is 0.240. The average Bonchev–Trinajstić information content (AvgIpc) is 3.39. The molecule has 2 atom stereocenters. The van der Waals surface area contributed by atoms with Crippen molar-refractivity contribution in [2.24, 2.45) is 0 Å². The first kappa shape index (κ1) is 23.6. The summed E-state index contributed by atoms with van der Waals surface area (Å²) in [5.74, 6) is 0.0850. The summed E-state index contributed by atoms with van der Waals surface area (Å²) in [6.45, 7) is 1.28. The highest BCUT2D eigenvalue weighted by Crippen LogP contribution is 2.40. The quantitative estimate of drug-likeness (QED) is 0.404. The number of nitrogens with two attached hydrogens (primary N) is 1. The molecule has 2 fully saturated rings. The molecule has 4 aromatic rings. The number of benzene rings is 2. The molecule has 4 heterocycles. The second-order valence-electron chi connectivity index (χ2n) is 9.11. The number of rotatable bonds is 5.